The monoisotopic (exact) mass is 674 g/mol. The number of hydrogen-bond donors (Lipinski definition) is 3. The maximum Gasteiger partial charge on any atom is 0.248 e. The maximum atomic E-state index is 13.8. The number of ether oxygens (including phenoxy) is 2. The molecule has 50 heavy (non-hydrogen) atoms. The Bertz CT molecular complexity index is 2060. The van der Waals surface area contributed by atoms with Crippen molar-refractivity contribution in [2.45, 2.75) is 31.8 Å². The van der Waals surface area contributed by atoms with Gasteiger partial charge in [-0.2, -0.15) is 10.4 Å². The Morgan fingerprint density at radius 1 is 1.16 bits per heavy atom. The molecule has 256 valence electrons. The zero-order valence-electron chi connectivity index (χ0n) is 27.7. The minimum Gasteiger partial charge on any atom is -0.491 e. The fraction of sp³-hybridized carbons (Fsp3) is 0.316. The van der Waals surface area contributed by atoms with Crippen LogP contribution in [-0.2, 0) is 16.1 Å². The number of aromatic nitrogens is 3. The summed E-state index contributed by atoms with van der Waals surface area (Å²) in [7, 11) is 0. The van der Waals surface area contributed by atoms with Crippen molar-refractivity contribution < 1.29 is 18.7 Å². The summed E-state index contributed by atoms with van der Waals surface area (Å²) < 4.78 is 27.3. The minimum absolute atomic E-state index is 0.178. The highest BCUT2D eigenvalue weighted by molar-refractivity contribution is 6.05. The number of pyridine rings is 1. The number of halogens is 1. The number of rotatable bonds is 12. The number of nitrogens with zero attached hydrogens (tertiary/aromatic N) is 5. The Kier molecular flexibility index (Phi) is 10.3. The van der Waals surface area contributed by atoms with Gasteiger partial charge in [-0.05, 0) is 67.8 Å². The Balaban J connectivity index is 1.16. The van der Waals surface area contributed by atoms with Crippen LogP contribution in [0.15, 0.2) is 79.1 Å². The summed E-state index contributed by atoms with van der Waals surface area (Å²) >= 11 is 0. The third-order valence-electron chi connectivity index (χ3n) is 9.04. The number of fused-ring (bicyclic) bond motifs is 2. The summed E-state index contributed by atoms with van der Waals surface area (Å²) in [5.74, 6) is -0.0438. The molecule has 2 aliphatic heterocycles. The van der Waals surface area contributed by atoms with E-state index in [4.69, 9.17) is 9.47 Å². The van der Waals surface area contributed by atoms with E-state index in [-0.39, 0.29) is 17.8 Å². The van der Waals surface area contributed by atoms with Gasteiger partial charge >= 0.3 is 0 Å². The van der Waals surface area contributed by atoms with Crippen molar-refractivity contribution in [3.63, 3.8) is 0 Å². The molecule has 1 amide bonds. The van der Waals surface area contributed by atoms with Gasteiger partial charge < -0.3 is 25.4 Å². The van der Waals surface area contributed by atoms with Crippen molar-refractivity contribution in [1.29, 1.82) is 5.26 Å². The van der Waals surface area contributed by atoms with Crippen molar-refractivity contribution in [2.24, 2.45) is 0 Å². The molecule has 3 aromatic carbocycles. The van der Waals surface area contributed by atoms with E-state index in [1.54, 1.807) is 18.3 Å². The Morgan fingerprint density at radius 3 is 2.88 bits per heavy atom. The first kappa shape index (κ1) is 33.2. The van der Waals surface area contributed by atoms with E-state index >= 15 is 0 Å². The van der Waals surface area contributed by atoms with E-state index in [2.05, 4.69) is 37.0 Å². The van der Waals surface area contributed by atoms with E-state index in [9.17, 15) is 14.4 Å². The van der Waals surface area contributed by atoms with Crippen molar-refractivity contribution in [3.8, 4) is 11.8 Å². The lowest BCUT2D eigenvalue weighted by Crippen LogP contribution is -2.37. The van der Waals surface area contributed by atoms with Crippen LogP contribution in [0.1, 0.15) is 30.4 Å². The number of carbonyl (C=O) groups is 1. The third-order valence-corrected chi connectivity index (χ3v) is 9.04. The number of benzene rings is 3. The van der Waals surface area contributed by atoms with E-state index in [0.29, 0.717) is 46.7 Å². The highest BCUT2D eigenvalue weighted by atomic mass is 19.1. The normalized spacial score (nSPS) is 16.6. The molecule has 0 radical (unpaired) electrons. The first-order valence-electron chi connectivity index (χ1n) is 17.0. The zero-order chi connectivity index (χ0) is 34.3. The first-order valence-corrected chi connectivity index (χ1v) is 17.0. The number of morpholine rings is 1. The number of nitriles is 1. The van der Waals surface area contributed by atoms with Gasteiger partial charge in [-0.25, -0.2) is 4.39 Å². The molecule has 3 N–H and O–H groups in total. The fourth-order valence-corrected chi connectivity index (χ4v) is 6.45. The SMILES string of the molecule is N#Cc1cnc2cc(OCCCN3CCOCC3)c(NC(=O)/C=C/C3CCCN3)cc2c1Nc1ccc2c(cnn2Cc2cccc(F)c2)c1. The van der Waals surface area contributed by atoms with Crippen LogP contribution in [0.2, 0.25) is 0 Å². The van der Waals surface area contributed by atoms with Gasteiger partial charge in [0.25, 0.3) is 0 Å². The second-order valence-electron chi connectivity index (χ2n) is 12.6. The predicted octanol–water partition coefficient (Wildman–Crippen LogP) is 5.73. The second kappa shape index (κ2) is 15.5. The largest absolute Gasteiger partial charge is 0.491 e. The quantitative estimate of drug-likeness (QED) is 0.112. The molecule has 0 aliphatic carbocycles. The average molecular weight is 675 g/mol. The highest BCUT2D eigenvalue weighted by Gasteiger charge is 2.17. The smallest absolute Gasteiger partial charge is 0.248 e. The molecule has 5 aromatic rings. The summed E-state index contributed by atoms with van der Waals surface area (Å²) in [4.78, 5) is 20.1. The van der Waals surface area contributed by atoms with E-state index in [0.717, 1.165) is 80.8 Å². The van der Waals surface area contributed by atoms with Crippen LogP contribution >= 0.6 is 0 Å². The van der Waals surface area contributed by atoms with E-state index in [1.165, 1.54) is 18.3 Å². The minimum atomic E-state index is -0.286. The summed E-state index contributed by atoms with van der Waals surface area (Å²) in [5.41, 5.74) is 4.46. The molecule has 2 fully saturated rings. The molecule has 2 aromatic heterocycles. The molecule has 2 aliphatic rings. The molecule has 12 heteroatoms. The number of anilines is 3. The van der Waals surface area contributed by atoms with E-state index < -0.39 is 0 Å². The summed E-state index contributed by atoms with van der Waals surface area (Å²) in [5, 5.41) is 26.0. The Morgan fingerprint density at radius 2 is 2.06 bits per heavy atom. The van der Waals surface area contributed by atoms with Gasteiger partial charge in [0.15, 0.2) is 0 Å². The van der Waals surface area contributed by atoms with Crippen LogP contribution in [-0.4, -0.2) is 77.6 Å². The molecule has 11 nitrogen and oxygen atoms in total. The standard InChI is InChI=1S/C38H39FN8O3/c39-29-5-1-4-26(18-29)25-47-35-9-7-31(19-27(35)24-43-47)44-38-28(22-40)23-42-33-21-36(50-15-3-12-46-13-16-49-17-14-46)34(20-32(33)38)45-37(48)10-8-30-6-2-11-41-30/h1,4-5,7-10,18-21,23-24,30,41H,2-3,6,11-17,25H2,(H,42,44)(H,45,48)/b10-8+. The van der Waals surface area contributed by atoms with Crippen LogP contribution < -0.4 is 20.7 Å². The predicted molar refractivity (Wildman–Crippen MR) is 191 cm³/mol. The van der Waals surface area contributed by atoms with Gasteiger partial charge in [0, 0.05) is 60.5 Å². The van der Waals surface area contributed by atoms with Crippen molar-refractivity contribution in [3.05, 3.63) is 96.1 Å². The molecule has 1 unspecified atom stereocenters. The lowest BCUT2D eigenvalue weighted by Gasteiger charge is -2.26. The number of amides is 1. The summed E-state index contributed by atoms with van der Waals surface area (Å²) in [6, 6.07) is 18.4. The number of hydrogen-bond acceptors (Lipinski definition) is 9. The highest BCUT2D eigenvalue weighted by Crippen LogP contribution is 2.37. The lowest BCUT2D eigenvalue weighted by molar-refractivity contribution is -0.111. The molecule has 0 saturated carbocycles. The number of nitrogens with one attached hydrogen (secondary N) is 3. The molecule has 2 saturated heterocycles. The first-order chi connectivity index (χ1) is 24.5. The zero-order valence-corrected chi connectivity index (χ0v) is 27.7. The summed E-state index contributed by atoms with van der Waals surface area (Å²) in [6.45, 7) is 6.02. The maximum absolute atomic E-state index is 13.8. The van der Waals surface area contributed by atoms with Crippen molar-refractivity contribution in [2.75, 3.05) is 56.6 Å². The van der Waals surface area contributed by atoms with Gasteiger partial charge in [-0.1, -0.05) is 18.2 Å². The van der Waals surface area contributed by atoms with Crippen LogP contribution in [0.3, 0.4) is 0 Å². The molecule has 0 bridgehead atoms. The van der Waals surface area contributed by atoms with Gasteiger partial charge in [-0.15, -0.1) is 0 Å². The van der Waals surface area contributed by atoms with Crippen molar-refractivity contribution in [1.82, 2.24) is 25.0 Å². The second-order valence-corrected chi connectivity index (χ2v) is 12.6. The average Bonchev–Trinajstić information content (AvgIpc) is 3.80. The van der Waals surface area contributed by atoms with Crippen molar-refractivity contribution >= 4 is 44.8 Å². The van der Waals surface area contributed by atoms with Crippen LogP contribution in [0, 0.1) is 17.1 Å². The number of carbonyl (C=O) groups excluding carboxylic acids is 1. The van der Waals surface area contributed by atoms with Crippen LogP contribution in [0.5, 0.6) is 5.75 Å². The molecular formula is C38H39FN8O3. The molecule has 4 heterocycles. The molecule has 1 atom stereocenters. The Hall–Kier alpha value is -5.35. The summed E-state index contributed by atoms with van der Waals surface area (Å²) in [6.07, 6.45) is 9.64. The fourth-order valence-electron chi connectivity index (χ4n) is 6.45. The molecular weight excluding hydrogens is 635 g/mol. The lowest BCUT2D eigenvalue weighted by atomic mass is 10.1. The van der Waals surface area contributed by atoms with Crippen LogP contribution in [0.25, 0.3) is 21.8 Å². The third kappa shape index (κ3) is 7.92. The van der Waals surface area contributed by atoms with Crippen LogP contribution in [0.4, 0.5) is 21.5 Å². The van der Waals surface area contributed by atoms with Gasteiger partial charge in [-0.3, -0.25) is 19.4 Å². The van der Waals surface area contributed by atoms with E-state index in [1.807, 2.05) is 47.2 Å². The Labute approximate surface area is 289 Å². The van der Waals surface area contributed by atoms with Gasteiger partial charge in [0.05, 0.1) is 60.5 Å². The van der Waals surface area contributed by atoms with Gasteiger partial charge in [0.1, 0.15) is 17.6 Å². The molecule has 0 spiro atoms. The molecule has 7 rings (SSSR count). The van der Waals surface area contributed by atoms with Gasteiger partial charge in [0.2, 0.25) is 5.91 Å². The topological polar surface area (TPSA) is 129 Å².